The van der Waals surface area contributed by atoms with Crippen LogP contribution in [0.4, 0.5) is 0 Å². The van der Waals surface area contributed by atoms with Gasteiger partial charge in [-0.25, -0.2) is 0 Å². The van der Waals surface area contributed by atoms with Gasteiger partial charge in [-0.1, -0.05) is 19.4 Å². The van der Waals surface area contributed by atoms with Crippen LogP contribution in [0.3, 0.4) is 0 Å². The van der Waals surface area contributed by atoms with E-state index in [0.29, 0.717) is 0 Å². The highest BCUT2D eigenvalue weighted by molar-refractivity contribution is 5.90. The van der Waals surface area contributed by atoms with E-state index >= 15 is 0 Å². The first kappa shape index (κ1) is 12.9. The number of carbonyl (C=O) groups excluding carboxylic acids is 1. The number of ether oxygens (including phenoxy) is 1. The molecule has 96 valence electrons. The molecule has 1 aliphatic rings. The van der Waals surface area contributed by atoms with Crippen LogP contribution in [0.5, 0.6) is 5.75 Å². The molecule has 2 nitrogen and oxygen atoms in total. The largest absolute Gasteiger partial charge is 0.497 e. The highest BCUT2D eigenvalue weighted by Gasteiger charge is 2.18. The van der Waals surface area contributed by atoms with Crippen molar-refractivity contribution in [1.29, 1.82) is 0 Å². The number of hydrogen-bond acceptors (Lipinski definition) is 2. The van der Waals surface area contributed by atoms with E-state index in [4.69, 9.17) is 4.74 Å². The number of methoxy groups -OCH3 is 1. The third kappa shape index (κ3) is 2.47. The number of benzene rings is 1. The predicted octanol–water partition coefficient (Wildman–Crippen LogP) is 3.78. The quantitative estimate of drug-likeness (QED) is 0.737. The Kier molecular flexibility index (Phi) is 4.19. The molecule has 0 radical (unpaired) electrons. The van der Waals surface area contributed by atoms with E-state index in [2.05, 4.69) is 19.1 Å². The number of rotatable bonds is 5. The van der Waals surface area contributed by atoms with Gasteiger partial charge in [-0.2, -0.15) is 0 Å². The Labute approximate surface area is 109 Å². The molecule has 0 saturated heterocycles. The number of aryl methyl sites for hydroxylation is 1. The van der Waals surface area contributed by atoms with Gasteiger partial charge in [0.25, 0.3) is 0 Å². The van der Waals surface area contributed by atoms with Gasteiger partial charge in [-0.05, 0) is 60.1 Å². The molecule has 0 fully saturated rings. The summed E-state index contributed by atoms with van der Waals surface area (Å²) in [6.45, 7) is 2.18. The van der Waals surface area contributed by atoms with E-state index in [-0.39, 0.29) is 0 Å². The third-order valence-electron chi connectivity index (χ3n) is 3.61. The summed E-state index contributed by atoms with van der Waals surface area (Å²) < 4.78 is 5.26. The SMILES string of the molecule is CCCCC1=C(C=O)CCc2cc(OC)ccc21. The van der Waals surface area contributed by atoms with E-state index in [1.54, 1.807) is 7.11 Å². The van der Waals surface area contributed by atoms with Crippen LogP contribution in [0.15, 0.2) is 23.8 Å². The van der Waals surface area contributed by atoms with Crippen LogP contribution in [-0.2, 0) is 11.2 Å². The van der Waals surface area contributed by atoms with Gasteiger partial charge in [0.15, 0.2) is 0 Å². The summed E-state index contributed by atoms with van der Waals surface area (Å²) in [7, 11) is 1.69. The molecular weight excluding hydrogens is 224 g/mol. The minimum absolute atomic E-state index is 0.864. The Hall–Kier alpha value is -1.57. The minimum atomic E-state index is 0.864. The van der Waals surface area contributed by atoms with Crippen LogP contribution >= 0.6 is 0 Å². The maximum atomic E-state index is 11.2. The van der Waals surface area contributed by atoms with Crippen LogP contribution in [0, 0.1) is 0 Å². The van der Waals surface area contributed by atoms with Gasteiger partial charge in [-0.3, -0.25) is 4.79 Å². The molecule has 1 aromatic rings. The molecule has 1 aromatic carbocycles. The Balaban J connectivity index is 2.40. The summed E-state index contributed by atoms with van der Waals surface area (Å²) in [6, 6.07) is 6.18. The summed E-state index contributed by atoms with van der Waals surface area (Å²) >= 11 is 0. The smallest absolute Gasteiger partial charge is 0.146 e. The van der Waals surface area contributed by atoms with Gasteiger partial charge in [0, 0.05) is 0 Å². The Bertz CT molecular complexity index is 472. The fourth-order valence-electron chi connectivity index (χ4n) is 2.57. The van der Waals surface area contributed by atoms with Crippen molar-refractivity contribution in [1.82, 2.24) is 0 Å². The fraction of sp³-hybridized carbons (Fsp3) is 0.438. The maximum absolute atomic E-state index is 11.2. The fourth-order valence-corrected chi connectivity index (χ4v) is 2.57. The Morgan fingerprint density at radius 3 is 2.83 bits per heavy atom. The second kappa shape index (κ2) is 5.85. The van der Waals surface area contributed by atoms with Gasteiger partial charge >= 0.3 is 0 Å². The van der Waals surface area contributed by atoms with E-state index in [1.807, 2.05) is 6.07 Å². The molecule has 18 heavy (non-hydrogen) atoms. The van der Waals surface area contributed by atoms with Crippen LogP contribution < -0.4 is 4.74 Å². The average Bonchev–Trinajstić information content (AvgIpc) is 2.43. The number of carbonyl (C=O) groups is 1. The molecule has 0 aliphatic heterocycles. The lowest BCUT2D eigenvalue weighted by Crippen LogP contribution is -2.06. The highest BCUT2D eigenvalue weighted by Crippen LogP contribution is 2.35. The number of unbranched alkanes of at least 4 members (excludes halogenated alkanes) is 1. The van der Waals surface area contributed by atoms with Crippen molar-refractivity contribution in [2.45, 2.75) is 39.0 Å². The zero-order valence-corrected chi connectivity index (χ0v) is 11.2. The Morgan fingerprint density at radius 2 is 2.17 bits per heavy atom. The summed E-state index contributed by atoms with van der Waals surface area (Å²) in [4.78, 5) is 11.2. The van der Waals surface area contributed by atoms with Crippen LogP contribution in [0.2, 0.25) is 0 Å². The summed E-state index contributed by atoms with van der Waals surface area (Å²) in [5.74, 6) is 0.901. The first-order chi connectivity index (χ1) is 8.80. The van der Waals surface area contributed by atoms with E-state index in [1.165, 1.54) is 16.7 Å². The topological polar surface area (TPSA) is 26.3 Å². The van der Waals surface area contributed by atoms with Gasteiger partial charge in [0.05, 0.1) is 7.11 Å². The molecule has 0 atom stereocenters. The monoisotopic (exact) mass is 244 g/mol. The molecule has 0 saturated carbocycles. The van der Waals surface area contributed by atoms with Gasteiger partial charge in [-0.15, -0.1) is 0 Å². The molecule has 0 N–H and O–H groups in total. The maximum Gasteiger partial charge on any atom is 0.146 e. The van der Waals surface area contributed by atoms with Crippen molar-refractivity contribution in [3.8, 4) is 5.75 Å². The summed E-state index contributed by atoms with van der Waals surface area (Å²) in [6.07, 6.45) is 6.14. The normalized spacial score (nSPS) is 14.3. The standard InChI is InChI=1S/C16H20O2/c1-3-4-5-15-13(11-17)7-6-12-10-14(18-2)8-9-16(12)15/h8-11H,3-7H2,1-2H3. The molecule has 0 spiro atoms. The van der Waals surface area contributed by atoms with Crippen molar-refractivity contribution >= 4 is 11.9 Å². The first-order valence-electron chi connectivity index (χ1n) is 6.64. The van der Waals surface area contributed by atoms with Crippen molar-refractivity contribution in [3.63, 3.8) is 0 Å². The minimum Gasteiger partial charge on any atom is -0.497 e. The summed E-state index contributed by atoms with van der Waals surface area (Å²) in [5, 5.41) is 0. The Morgan fingerprint density at radius 1 is 1.33 bits per heavy atom. The lowest BCUT2D eigenvalue weighted by Gasteiger charge is -2.21. The van der Waals surface area contributed by atoms with Crippen molar-refractivity contribution in [3.05, 3.63) is 34.9 Å². The van der Waals surface area contributed by atoms with Gasteiger partial charge in [0.1, 0.15) is 12.0 Å². The molecular formula is C16H20O2. The number of allylic oxidation sites excluding steroid dienone is 2. The molecule has 0 heterocycles. The molecule has 1 aliphatic carbocycles. The molecule has 0 amide bonds. The van der Waals surface area contributed by atoms with Gasteiger partial charge in [0.2, 0.25) is 0 Å². The van der Waals surface area contributed by atoms with Crippen molar-refractivity contribution in [2.24, 2.45) is 0 Å². The van der Waals surface area contributed by atoms with Crippen LogP contribution in [0.25, 0.3) is 5.57 Å². The third-order valence-corrected chi connectivity index (χ3v) is 3.61. The van der Waals surface area contributed by atoms with E-state index in [9.17, 15) is 4.79 Å². The van der Waals surface area contributed by atoms with Crippen LogP contribution in [0.1, 0.15) is 43.7 Å². The zero-order chi connectivity index (χ0) is 13.0. The molecule has 0 unspecified atom stereocenters. The van der Waals surface area contributed by atoms with Gasteiger partial charge < -0.3 is 4.74 Å². The second-order valence-corrected chi connectivity index (χ2v) is 4.75. The first-order valence-corrected chi connectivity index (χ1v) is 6.64. The van der Waals surface area contributed by atoms with Crippen molar-refractivity contribution < 1.29 is 9.53 Å². The molecule has 0 aromatic heterocycles. The van der Waals surface area contributed by atoms with Crippen LogP contribution in [-0.4, -0.2) is 13.4 Å². The van der Waals surface area contributed by atoms with E-state index in [0.717, 1.165) is 49.7 Å². The molecule has 2 rings (SSSR count). The average molecular weight is 244 g/mol. The van der Waals surface area contributed by atoms with E-state index < -0.39 is 0 Å². The highest BCUT2D eigenvalue weighted by atomic mass is 16.5. The number of fused-ring (bicyclic) bond motifs is 1. The lowest BCUT2D eigenvalue weighted by molar-refractivity contribution is -0.105. The predicted molar refractivity (Wildman–Crippen MR) is 73.8 cm³/mol. The lowest BCUT2D eigenvalue weighted by atomic mass is 9.83. The van der Waals surface area contributed by atoms with Crippen molar-refractivity contribution in [2.75, 3.05) is 7.11 Å². The zero-order valence-electron chi connectivity index (χ0n) is 11.2. The number of hydrogen-bond donors (Lipinski definition) is 0. The molecule has 2 heteroatoms. The summed E-state index contributed by atoms with van der Waals surface area (Å²) in [5.41, 5.74) is 4.79. The molecule has 0 bridgehead atoms. The second-order valence-electron chi connectivity index (χ2n) is 4.75. The number of aldehydes is 1.